The molecule has 1 fully saturated rings. The van der Waals surface area contributed by atoms with Crippen molar-refractivity contribution in [1.29, 1.82) is 0 Å². The third kappa shape index (κ3) is 4.03. The second-order valence-electron chi connectivity index (χ2n) is 7.27. The first-order valence-electron chi connectivity index (χ1n) is 9.53. The molecule has 5 nitrogen and oxygen atoms in total. The van der Waals surface area contributed by atoms with Gasteiger partial charge in [-0.2, -0.15) is 4.98 Å². The highest BCUT2D eigenvalue weighted by Gasteiger charge is 2.28. The molecule has 1 atom stereocenters. The number of halogens is 2. The fourth-order valence-corrected chi connectivity index (χ4v) is 3.55. The van der Waals surface area contributed by atoms with Crippen LogP contribution in [0.5, 0.6) is 0 Å². The Kier molecular flexibility index (Phi) is 5.33. The number of hydrogen-bond acceptors (Lipinski definition) is 5. The number of anilines is 3. The lowest BCUT2D eigenvalue weighted by molar-refractivity contribution is 0.628. The van der Waals surface area contributed by atoms with Crippen LogP contribution >= 0.6 is 11.6 Å². The summed E-state index contributed by atoms with van der Waals surface area (Å²) in [7, 11) is 0. The van der Waals surface area contributed by atoms with E-state index in [2.05, 4.69) is 17.6 Å². The largest absolute Gasteiger partial charge is 0.367 e. The van der Waals surface area contributed by atoms with Gasteiger partial charge in [0.25, 0.3) is 0 Å². The van der Waals surface area contributed by atoms with Crippen LogP contribution in [0.15, 0.2) is 36.4 Å². The van der Waals surface area contributed by atoms with E-state index >= 15 is 0 Å². The van der Waals surface area contributed by atoms with Gasteiger partial charge < -0.3 is 16.4 Å². The lowest BCUT2D eigenvalue weighted by Crippen LogP contribution is -2.19. The molecule has 28 heavy (non-hydrogen) atoms. The summed E-state index contributed by atoms with van der Waals surface area (Å²) >= 11 is 5.90. The lowest BCUT2D eigenvalue weighted by atomic mass is 10.1. The number of hydrogen-bond donors (Lipinski definition) is 3. The Morgan fingerprint density at radius 3 is 2.79 bits per heavy atom. The Hall–Kier alpha value is -2.44. The molecule has 4 rings (SSSR count). The van der Waals surface area contributed by atoms with Gasteiger partial charge >= 0.3 is 0 Å². The minimum absolute atomic E-state index is 0.0512. The van der Waals surface area contributed by atoms with Gasteiger partial charge in [-0.25, -0.2) is 9.37 Å². The number of nitrogens with zero attached hydrogens (tertiary/aromatic N) is 2. The molecule has 0 unspecified atom stereocenters. The Bertz CT molecular complexity index is 1010. The molecule has 0 radical (unpaired) electrons. The van der Waals surface area contributed by atoms with Crippen LogP contribution in [0.25, 0.3) is 10.9 Å². The molecular weight excluding hydrogens is 377 g/mol. The van der Waals surface area contributed by atoms with E-state index in [9.17, 15) is 4.39 Å². The molecule has 1 heterocycles. The van der Waals surface area contributed by atoms with Crippen molar-refractivity contribution in [3.05, 3.63) is 52.8 Å². The molecule has 4 N–H and O–H groups in total. The molecule has 2 aromatic carbocycles. The molecule has 0 amide bonds. The average molecular weight is 400 g/mol. The summed E-state index contributed by atoms with van der Waals surface area (Å²) in [6.45, 7) is 2.73. The van der Waals surface area contributed by atoms with Gasteiger partial charge in [-0.3, -0.25) is 0 Å². The quantitative estimate of drug-likeness (QED) is 0.528. The van der Waals surface area contributed by atoms with Gasteiger partial charge in [0.05, 0.1) is 10.5 Å². The number of nitrogens with two attached hydrogens (primary N) is 1. The summed E-state index contributed by atoms with van der Waals surface area (Å²) in [4.78, 5) is 9.41. The maximum absolute atomic E-state index is 13.5. The van der Waals surface area contributed by atoms with Gasteiger partial charge in [0.15, 0.2) is 0 Å². The zero-order valence-corrected chi connectivity index (χ0v) is 16.4. The van der Waals surface area contributed by atoms with Crippen LogP contribution in [0.1, 0.15) is 25.3 Å². The predicted molar refractivity (Wildman–Crippen MR) is 113 cm³/mol. The zero-order chi connectivity index (χ0) is 19.7. The second-order valence-corrected chi connectivity index (χ2v) is 7.68. The predicted octanol–water partition coefficient (Wildman–Crippen LogP) is 4.88. The first-order chi connectivity index (χ1) is 13.5. The van der Waals surface area contributed by atoms with Crippen molar-refractivity contribution < 1.29 is 4.39 Å². The third-order valence-electron chi connectivity index (χ3n) is 5.09. The van der Waals surface area contributed by atoms with Gasteiger partial charge in [0.2, 0.25) is 5.95 Å². The van der Waals surface area contributed by atoms with E-state index in [4.69, 9.17) is 27.3 Å². The topological polar surface area (TPSA) is 75.9 Å². The third-order valence-corrected chi connectivity index (χ3v) is 5.38. The maximum atomic E-state index is 13.5. The molecule has 146 valence electrons. The first-order valence-corrected chi connectivity index (χ1v) is 9.91. The molecule has 1 aliphatic carbocycles. The Morgan fingerprint density at radius 2 is 2.07 bits per heavy atom. The highest BCUT2D eigenvalue weighted by atomic mass is 35.5. The van der Waals surface area contributed by atoms with Crippen molar-refractivity contribution in [2.24, 2.45) is 11.7 Å². The normalized spacial score (nSPS) is 14.9. The van der Waals surface area contributed by atoms with Gasteiger partial charge in [-0.1, -0.05) is 23.7 Å². The van der Waals surface area contributed by atoms with Crippen molar-refractivity contribution in [2.45, 2.75) is 32.2 Å². The number of nitrogens with one attached hydrogen (secondary N) is 2. The van der Waals surface area contributed by atoms with Crippen molar-refractivity contribution in [2.75, 3.05) is 17.2 Å². The van der Waals surface area contributed by atoms with E-state index in [0.29, 0.717) is 30.1 Å². The van der Waals surface area contributed by atoms with Crippen LogP contribution < -0.4 is 16.4 Å². The van der Waals surface area contributed by atoms with Crippen LogP contribution in [0.2, 0.25) is 5.02 Å². The molecule has 0 spiro atoms. The lowest BCUT2D eigenvalue weighted by Gasteiger charge is -2.17. The van der Waals surface area contributed by atoms with Gasteiger partial charge in [-0.05, 0) is 68.5 Å². The molecule has 3 aromatic rings. The summed E-state index contributed by atoms with van der Waals surface area (Å²) in [6, 6.07) is 10.9. The van der Waals surface area contributed by atoms with Crippen LogP contribution in [0.4, 0.5) is 21.8 Å². The van der Waals surface area contributed by atoms with Crippen LogP contribution in [-0.4, -0.2) is 22.6 Å². The van der Waals surface area contributed by atoms with E-state index in [1.54, 1.807) is 6.07 Å². The van der Waals surface area contributed by atoms with E-state index in [0.717, 1.165) is 28.7 Å². The molecule has 0 bridgehead atoms. The maximum Gasteiger partial charge on any atom is 0.229 e. The summed E-state index contributed by atoms with van der Waals surface area (Å²) < 4.78 is 13.5. The van der Waals surface area contributed by atoms with E-state index in [1.807, 2.05) is 18.2 Å². The second kappa shape index (κ2) is 7.89. The Balaban J connectivity index is 1.76. The SMILES string of the molecule is C[C@@H](Nc1nc(Nc2ccc(F)c(Cl)c2)nc2c(CCN)cccc12)C1CC1. The summed E-state index contributed by atoms with van der Waals surface area (Å²) in [5.74, 6) is 1.45. The minimum atomic E-state index is -0.461. The highest BCUT2D eigenvalue weighted by Crippen LogP contribution is 2.35. The van der Waals surface area contributed by atoms with Crippen molar-refractivity contribution >= 4 is 40.0 Å². The summed E-state index contributed by atoms with van der Waals surface area (Å²) in [5.41, 5.74) is 8.35. The molecule has 1 saturated carbocycles. The van der Waals surface area contributed by atoms with Crippen molar-refractivity contribution in [3.63, 3.8) is 0 Å². The molecule has 0 aliphatic heterocycles. The monoisotopic (exact) mass is 399 g/mol. The molecule has 1 aromatic heterocycles. The Morgan fingerprint density at radius 1 is 1.25 bits per heavy atom. The van der Waals surface area contributed by atoms with Gasteiger partial charge in [-0.15, -0.1) is 0 Å². The highest BCUT2D eigenvalue weighted by molar-refractivity contribution is 6.31. The molecular formula is C21H23ClFN5. The van der Waals surface area contributed by atoms with E-state index in [-0.39, 0.29) is 5.02 Å². The standard InChI is InChI=1S/C21H23ClFN5/c1-12(13-5-6-13)25-20-16-4-2-3-14(9-10-24)19(16)27-21(28-20)26-15-7-8-18(23)17(22)11-15/h2-4,7-8,11-13H,5-6,9-10,24H2,1H3,(H2,25,26,27,28)/t12-/m1/s1. The Labute approximate surface area is 168 Å². The van der Waals surface area contributed by atoms with Gasteiger partial charge in [0, 0.05) is 17.1 Å². The van der Waals surface area contributed by atoms with Crippen LogP contribution in [0, 0.1) is 11.7 Å². The fourth-order valence-electron chi connectivity index (χ4n) is 3.37. The first kappa shape index (κ1) is 18.9. The number of benzene rings is 2. The van der Waals surface area contributed by atoms with E-state index < -0.39 is 5.82 Å². The van der Waals surface area contributed by atoms with E-state index in [1.165, 1.54) is 25.0 Å². The number of para-hydroxylation sites is 1. The number of rotatable bonds is 7. The number of fused-ring (bicyclic) bond motifs is 1. The molecule has 7 heteroatoms. The average Bonchev–Trinajstić information content (AvgIpc) is 3.51. The minimum Gasteiger partial charge on any atom is -0.367 e. The smallest absolute Gasteiger partial charge is 0.229 e. The van der Waals surface area contributed by atoms with Crippen LogP contribution in [0.3, 0.4) is 0 Å². The van der Waals surface area contributed by atoms with Gasteiger partial charge in [0.1, 0.15) is 11.6 Å². The zero-order valence-electron chi connectivity index (χ0n) is 15.7. The number of aromatic nitrogens is 2. The van der Waals surface area contributed by atoms with Crippen molar-refractivity contribution in [3.8, 4) is 0 Å². The van der Waals surface area contributed by atoms with Crippen LogP contribution in [-0.2, 0) is 6.42 Å². The molecule has 0 saturated heterocycles. The summed E-state index contributed by atoms with van der Waals surface area (Å²) in [6.07, 6.45) is 3.22. The van der Waals surface area contributed by atoms with Crippen molar-refractivity contribution in [1.82, 2.24) is 9.97 Å². The summed E-state index contributed by atoms with van der Waals surface area (Å²) in [5, 5.41) is 7.73. The molecule has 1 aliphatic rings. The fraction of sp³-hybridized carbons (Fsp3) is 0.333.